The highest BCUT2D eigenvalue weighted by molar-refractivity contribution is 6.14. The van der Waals surface area contributed by atoms with Crippen molar-refractivity contribution in [3.63, 3.8) is 0 Å². The average molecular weight is 417 g/mol. The van der Waals surface area contributed by atoms with E-state index in [0.717, 1.165) is 30.6 Å². The second kappa shape index (κ2) is 9.51. The molecule has 2 aromatic rings. The highest BCUT2D eigenvalue weighted by atomic mass is 16.5. The van der Waals surface area contributed by atoms with Crippen LogP contribution in [0.5, 0.6) is 5.75 Å². The molecule has 1 fully saturated rings. The van der Waals surface area contributed by atoms with Gasteiger partial charge in [-0.25, -0.2) is 4.79 Å². The van der Waals surface area contributed by atoms with E-state index in [9.17, 15) is 9.59 Å². The first-order valence-electron chi connectivity index (χ1n) is 10.9. The van der Waals surface area contributed by atoms with Crippen molar-refractivity contribution in [2.24, 2.45) is 7.05 Å². The number of ether oxygens (including phenoxy) is 2. The van der Waals surface area contributed by atoms with Crippen molar-refractivity contribution in [3.8, 4) is 5.75 Å². The number of nitrogens with zero attached hydrogens (tertiary/aromatic N) is 1. The van der Waals surface area contributed by atoms with Gasteiger partial charge in [0.05, 0.1) is 43.1 Å². The van der Waals surface area contributed by atoms with Crippen LogP contribution in [0.3, 0.4) is 0 Å². The largest absolute Gasteiger partial charge is 0.495 e. The number of fused-ring (bicyclic) bond motifs is 1. The van der Waals surface area contributed by atoms with Crippen molar-refractivity contribution >= 4 is 28.5 Å². The van der Waals surface area contributed by atoms with Gasteiger partial charge in [0, 0.05) is 18.1 Å². The summed E-state index contributed by atoms with van der Waals surface area (Å²) < 4.78 is 12.8. The van der Waals surface area contributed by atoms with Gasteiger partial charge >= 0.3 is 5.97 Å². The summed E-state index contributed by atoms with van der Waals surface area (Å²) in [6.45, 7) is 7.58. The van der Waals surface area contributed by atoms with Gasteiger partial charge in [0.2, 0.25) is 0 Å². The highest BCUT2D eigenvalue weighted by Crippen LogP contribution is 2.38. The molecule has 1 saturated heterocycles. The first kappa shape index (κ1) is 22.2. The van der Waals surface area contributed by atoms with E-state index in [1.807, 2.05) is 30.7 Å². The van der Waals surface area contributed by atoms with Crippen molar-refractivity contribution in [3.05, 3.63) is 23.4 Å². The van der Waals surface area contributed by atoms with E-state index in [2.05, 4.69) is 12.2 Å². The first-order chi connectivity index (χ1) is 14.4. The molecule has 1 aromatic heterocycles. The molecule has 0 aliphatic carbocycles. The number of nitrogens with one attached hydrogen (secondary N) is 2. The molecule has 2 heterocycles. The van der Waals surface area contributed by atoms with Crippen LogP contribution in [-0.4, -0.2) is 49.3 Å². The number of amides is 1. The van der Waals surface area contributed by atoms with E-state index in [-0.39, 0.29) is 12.5 Å². The fourth-order valence-electron chi connectivity index (χ4n) is 4.65. The lowest BCUT2D eigenvalue weighted by molar-refractivity contribution is -0.923. The lowest BCUT2D eigenvalue weighted by Crippen LogP contribution is -3.17. The molecule has 2 N–H and O–H groups in total. The molecule has 0 radical (unpaired) electrons. The van der Waals surface area contributed by atoms with Crippen LogP contribution < -0.4 is 15.0 Å². The Morgan fingerprint density at radius 1 is 1.27 bits per heavy atom. The van der Waals surface area contributed by atoms with Gasteiger partial charge in [-0.2, -0.15) is 0 Å². The molecule has 0 spiro atoms. The molecule has 7 heteroatoms. The van der Waals surface area contributed by atoms with Gasteiger partial charge in [-0.1, -0.05) is 6.92 Å². The summed E-state index contributed by atoms with van der Waals surface area (Å²) in [4.78, 5) is 27.1. The number of carbonyl (C=O) groups excluding carboxylic acids is 2. The SMILES string of the molecule is CCOC(=O)c1c(C)n(C)c2ccc(OC)c(NC(=O)C[NH+]3CCCC[C@@H]3CC)c12. The van der Waals surface area contributed by atoms with Crippen molar-refractivity contribution in [1.82, 2.24) is 4.57 Å². The number of hydrogen-bond acceptors (Lipinski definition) is 4. The number of aryl methyl sites for hydroxylation is 1. The van der Waals surface area contributed by atoms with Gasteiger partial charge in [0.25, 0.3) is 5.91 Å². The standard InChI is InChI=1S/C23H33N3O4/c1-6-16-10-8-9-13-26(16)14-19(27)24-22-18(29-5)12-11-17-21(22)20(15(3)25(17)4)23(28)30-7-2/h11-12,16H,6-10,13-14H2,1-5H3,(H,24,27)/p+1/t16-/m0/s1. The molecule has 0 saturated carbocycles. The molecule has 1 aliphatic heterocycles. The smallest absolute Gasteiger partial charge is 0.340 e. The molecular weight excluding hydrogens is 382 g/mol. The summed E-state index contributed by atoms with van der Waals surface area (Å²) in [6, 6.07) is 4.26. The topological polar surface area (TPSA) is 74.0 Å². The minimum Gasteiger partial charge on any atom is -0.495 e. The fraction of sp³-hybridized carbons (Fsp3) is 0.565. The Bertz CT molecular complexity index is 934. The van der Waals surface area contributed by atoms with Gasteiger partial charge in [-0.05, 0) is 51.7 Å². The summed E-state index contributed by atoms with van der Waals surface area (Å²) in [7, 11) is 3.47. The Hall–Kier alpha value is -2.54. The fourth-order valence-corrected chi connectivity index (χ4v) is 4.65. The molecule has 1 unspecified atom stereocenters. The molecule has 7 nitrogen and oxygen atoms in total. The van der Waals surface area contributed by atoms with Crippen LogP contribution in [0, 0.1) is 6.92 Å². The number of quaternary nitrogens is 1. The summed E-state index contributed by atoms with van der Waals surface area (Å²) in [5, 5.41) is 3.74. The van der Waals surface area contributed by atoms with E-state index in [1.165, 1.54) is 17.7 Å². The Balaban J connectivity index is 2.00. The van der Waals surface area contributed by atoms with Crippen LogP contribution in [0.2, 0.25) is 0 Å². The van der Waals surface area contributed by atoms with Crippen molar-refractivity contribution < 1.29 is 24.0 Å². The molecule has 1 amide bonds. The van der Waals surface area contributed by atoms with Crippen LogP contribution in [0.15, 0.2) is 12.1 Å². The average Bonchev–Trinajstić information content (AvgIpc) is 2.99. The molecule has 0 bridgehead atoms. The van der Waals surface area contributed by atoms with E-state index < -0.39 is 5.97 Å². The third kappa shape index (κ3) is 4.17. The number of likely N-dealkylation sites (tertiary alicyclic amines) is 1. The normalized spacial score (nSPS) is 19.0. The molecule has 164 valence electrons. The Labute approximate surface area is 178 Å². The van der Waals surface area contributed by atoms with E-state index in [1.54, 1.807) is 14.0 Å². The molecule has 3 rings (SSSR count). The molecule has 1 aliphatic rings. The third-order valence-corrected chi connectivity index (χ3v) is 6.34. The van der Waals surface area contributed by atoms with Crippen LogP contribution in [-0.2, 0) is 16.6 Å². The number of rotatable bonds is 7. The number of anilines is 1. The van der Waals surface area contributed by atoms with Crippen LogP contribution in [0.1, 0.15) is 55.6 Å². The number of carbonyl (C=O) groups is 2. The summed E-state index contributed by atoms with van der Waals surface area (Å²) >= 11 is 0. The lowest BCUT2D eigenvalue weighted by Gasteiger charge is -2.31. The predicted molar refractivity (Wildman–Crippen MR) is 117 cm³/mol. The third-order valence-electron chi connectivity index (χ3n) is 6.34. The summed E-state index contributed by atoms with van der Waals surface area (Å²) in [5.41, 5.74) is 2.65. The maximum Gasteiger partial charge on any atom is 0.340 e. The van der Waals surface area contributed by atoms with Crippen molar-refractivity contribution in [1.29, 1.82) is 0 Å². The predicted octanol–water partition coefficient (Wildman–Crippen LogP) is 2.46. The Kier molecular flexibility index (Phi) is 7.02. The second-order valence-corrected chi connectivity index (χ2v) is 8.01. The zero-order valence-electron chi connectivity index (χ0n) is 18.8. The van der Waals surface area contributed by atoms with Crippen LogP contribution >= 0.6 is 0 Å². The van der Waals surface area contributed by atoms with Crippen molar-refractivity contribution in [2.75, 3.05) is 32.1 Å². The lowest BCUT2D eigenvalue weighted by atomic mass is 10.00. The van der Waals surface area contributed by atoms with Gasteiger partial charge in [0.1, 0.15) is 5.75 Å². The van der Waals surface area contributed by atoms with E-state index in [4.69, 9.17) is 9.47 Å². The molecule has 2 atom stereocenters. The monoisotopic (exact) mass is 416 g/mol. The summed E-state index contributed by atoms with van der Waals surface area (Å²) in [6.07, 6.45) is 4.64. The number of piperidine rings is 1. The second-order valence-electron chi connectivity index (χ2n) is 8.01. The first-order valence-corrected chi connectivity index (χ1v) is 10.9. The quantitative estimate of drug-likeness (QED) is 0.680. The van der Waals surface area contributed by atoms with Crippen LogP contribution in [0.4, 0.5) is 5.69 Å². The molecule has 1 aromatic carbocycles. The maximum atomic E-state index is 13.0. The van der Waals surface area contributed by atoms with Gasteiger partial charge in [0.15, 0.2) is 6.54 Å². The Morgan fingerprint density at radius 3 is 2.70 bits per heavy atom. The molecule has 30 heavy (non-hydrogen) atoms. The van der Waals surface area contributed by atoms with Gasteiger partial charge in [-0.3, -0.25) is 4.79 Å². The van der Waals surface area contributed by atoms with Crippen LogP contribution in [0.25, 0.3) is 10.9 Å². The zero-order valence-corrected chi connectivity index (χ0v) is 18.8. The Morgan fingerprint density at radius 2 is 2.03 bits per heavy atom. The minimum atomic E-state index is -0.392. The number of methoxy groups -OCH3 is 1. The maximum absolute atomic E-state index is 13.0. The van der Waals surface area contributed by atoms with E-state index >= 15 is 0 Å². The highest BCUT2D eigenvalue weighted by Gasteiger charge is 2.29. The van der Waals surface area contributed by atoms with Gasteiger partial charge < -0.3 is 24.3 Å². The number of esters is 1. The number of benzene rings is 1. The number of hydrogen-bond donors (Lipinski definition) is 2. The number of aromatic nitrogens is 1. The van der Waals surface area contributed by atoms with E-state index in [0.29, 0.717) is 35.0 Å². The van der Waals surface area contributed by atoms with Crippen molar-refractivity contribution in [2.45, 2.75) is 52.5 Å². The minimum absolute atomic E-state index is 0.0625. The molecular formula is C23H34N3O4+. The van der Waals surface area contributed by atoms with Gasteiger partial charge in [-0.15, -0.1) is 0 Å². The zero-order chi connectivity index (χ0) is 21.8. The summed E-state index contributed by atoms with van der Waals surface area (Å²) in [5.74, 6) is 0.0807.